The van der Waals surface area contributed by atoms with E-state index in [2.05, 4.69) is 65.9 Å². The van der Waals surface area contributed by atoms with Gasteiger partial charge in [0.15, 0.2) is 5.96 Å². The minimum Gasteiger partial charge on any atom is -0.351 e. The first-order valence-corrected chi connectivity index (χ1v) is 9.45. The highest BCUT2D eigenvalue weighted by Gasteiger charge is 2.28. The lowest BCUT2D eigenvalue weighted by Crippen LogP contribution is -2.48. The Balaban J connectivity index is 1.64. The summed E-state index contributed by atoms with van der Waals surface area (Å²) < 4.78 is 3.39. The molecule has 0 amide bonds. The average molecular weight is 396 g/mol. The van der Waals surface area contributed by atoms with Gasteiger partial charge in [0.2, 0.25) is 0 Å². The highest BCUT2D eigenvalue weighted by atomic mass is 79.9. The number of thiophene rings is 1. The molecule has 1 aliphatic rings. The molecule has 3 rings (SSSR count). The number of rotatable bonds is 3. The monoisotopic (exact) mass is 395 g/mol. The zero-order valence-corrected chi connectivity index (χ0v) is 15.8. The molecule has 2 aromatic heterocycles. The van der Waals surface area contributed by atoms with Crippen LogP contribution in [0.4, 0.5) is 0 Å². The van der Waals surface area contributed by atoms with Crippen molar-refractivity contribution < 1.29 is 0 Å². The van der Waals surface area contributed by atoms with Crippen LogP contribution >= 0.6 is 27.3 Å². The summed E-state index contributed by atoms with van der Waals surface area (Å²) in [6.07, 6.45) is 7.00. The van der Waals surface area contributed by atoms with Crippen LogP contribution in [-0.4, -0.2) is 40.5 Å². The second kappa shape index (κ2) is 7.49. The number of piperidine rings is 1. The van der Waals surface area contributed by atoms with Gasteiger partial charge in [-0.2, -0.15) is 0 Å². The highest BCUT2D eigenvalue weighted by Crippen LogP contribution is 2.27. The van der Waals surface area contributed by atoms with Crippen LogP contribution in [0, 0.1) is 5.92 Å². The van der Waals surface area contributed by atoms with Crippen LogP contribution in [0.25, 0.3) is 0 Å². The van der Waals surface area contributed by atoms with E-state index in [0.717, 1.165) is 35.8 Å². The Hall–Kier alpha value is -1.34. The van der Waals surface area contributed by atoms with Crippen LogP contribution in [0.1, 0.15) is 24.3 Å². The van der Waals surface area contributed by atoms with Crippen molar-refractivity contribution in [2.45, 2.75) is 25.9 Å². The summed E-state index contributed by atoms with van der Waals surface area (Å²) >= 11 is 5.26. The fourth-order valence-electron chi connectivity index (χ4n) is 3.04. The Morgan fingerprint density at radius 2 is 2.39 bits per heavy atom. The first-order chi connectivity index (χ1) is 11.2. The number of nitrogens with one attached hydrogen (secondary N) is 1. The van der Waals surface area contributed by atoms with Crippen molar-refractivity contribution in [3.63, 3.8) is 0 Å². The molecule has 0 saturated carbocycles. The van der Waals surface area contributed by atoms with Gasteiger partial charge >= 0.3 is 0 Å². The smallest absolute Gasteiger partial charge is 0.194 e. The van der Waals surface area contributed by atoms with Gasteiger partial charge in [0, 0.05) is 37.4 Å². The van der Waals surface area contributed by atoms with Crippen molar-refractivity contribution >= 4 is 33.2 Å². The molecule has 0 bridgehead atoms. The van der Waals surface area contributed by atoms with Gasteiger partial charge in [-0.1, -0.05) is 6.92 Å². The van der Waals surface area contributed by atoms with E-state index < -0.39 is 0 Å². The number of likely N-dealkylation sites (tertiary alicyclic amines) is 1. The molecule has 1 aliphatic heterocycles. The van der Waals surface area contributed by atoms with E-state index in [9.17, 15) is 0 Å². The second-order valence-corrected chi connectivity index (χ2v) is 8.44. The Morgan fingerprint density at radius 3 is 3.04 bits per heavy atom. The molecule has 5 nitrogen and oxygen atoms in total. The van der Waals surface area contributed by atoms with E-state index in [-0.39, 0.29) is 0 Å². The van der Waals surface area contributed by atoms with E-state index in [1.165, 1.54) is 4.88 Å². The molecule has 0 spiro atoms. The van der Waals surface area contributed by atoms with Crippen LogP contribution < -0.4 is 5.32 Å². The van der Waals surface area contributed by atoms with Crippen molar-refractivity contribution in [1.29, 1.82) is 0 Å². The highest BCUT2D eigenvalue weighted by molar-refractivity contribution is 9.11. The Kier molecular flexibility index (Phi) is 5.38. The third-order valence-electron chi connectivity index (χ3n) is 4.39. The largest absolute Gasteiger partial charge is 0.351 e. The van der Waals surface area contributed by atoms with E-state index in [4.69, 9.17) is 0 Å². The second-order valence-electron chi connectivity index (χ2n) is 5.90. The molecule has 7 heteroatoms. The number of aromatic nitrogens is 2. The lowest BCUT2D eigenvalue weighted by molar-refractivity contribution is 0.189. The van der Waals surface area contributed by atoms with Crippen LogP contribution in [0.3, 0.4) is 0 Å². The summed E-state index contributed by atoms with van der Waals surface area (Å²) in [7, 11) is 1.86. The third kappa shape index (κ3) is 3.95. The number of guanidine groups is 1. The normalized spacial score (nSPS) is 22.4. The quantitative estimate of drug-likeness (QED) is 0.639. The van der Waals surface area contributed by atoms with Crippen molar-refractivity contribution in [3.8, 4) is 0 Å². The number of aliphatic imine (C=N–C) groups is 1. The van der Waals surface area contributed by atoms with Gasteiger partial charge in [-0.05, 0) is 40.4 Å². The first kappa shape index (κ1) is 16.5. The van der Waals surface area contributed by atoms with Crippen LogP contribution in [-0.2, 0) is 6.54 Å². The standard InChI is InChI=1S/C16H22BrN5S/c1-12-5-7-21(10-14(12)22-8-6-19-11-22)16(18-2)20-9-13-3-4-15(17)23-13/h3-4,6,8,11-12,14H,5,7,9-10H2,1-2H3,(H,18,20). The topological polar surface area (TPSA) is 45.5 Å². The fraction of sp³-hybridized carbons (Fsp3) is 0.500. The average Bonchev–Trinajstić information content (AvgIpc) is 3.21. The van der Waals surface area contributed by atoms with Gasteiger partial charge in [-0.3, -0.25) is 4.99 Å². The predicted molar refractivity (Wildman–Crippen MR) is 98.8 cm³/mol. The fourth-order valence-corrected chi connectivity index (χ4v) is 4.46. The maximum absolute atomic E-state index is 4.47. The van der Waals surface area contributed by atoms with Crippen molar-refractivity contribution in [2.24, 2.45) is 10.9 Å². The molecule has 1 N–H and O–H groups in total. The summed E-state index contributed by atoms with van der Waals surface area (Å²) in [5.41, 5.74) is 0. The van der Waals surface area contributed by atoms with Gasteiger partial charge in [0.05, 0.1) is 22.7 Å². The molecular weight excluding hydrogens is 374 g/mol. The van der Waals surface area contributed by atoms with Gasteiger partial charge in [0.1, 0.15) is 0 Å². The number of hydrogen-bond acceptors (Lipinski definition) is 3. The van der Waals surface area contributed by atoms with Crippen LogP contribution in [0.5, 0.6) is 0 Å². The molecule has 2 aromatic rings. The zero-order chi connectivity index (χ0) is 16.2. The Labute approximate surface area is 149 Å². The summed E-state index contributed by atoms with van der Waals surface area (Å²) in [6.45, 7) is 5.14. The van der Waals surface area contributed by atoms with Gasteiger partial charge in [0.25, 0.3) is 0 Å². The van der Waals surface area contributed by atoms with E-state index >= 15 is 0 Å². The maximum Gasteiger partial charge on any atom is 0.194 e. The molecule has 2 atom stereocenters. The number of nitrogens with zero attached hydrogens (tertiary/aromatic N) is 4. The predicted octanol–water partition coefficient (Wildman–Crippen LogP) is 3.37. The van der Waals surface area contributed by atoms with E-state index in [0.29, 0.717) is 12.0 Å². The van der Waals surface area contributed by atoms with Gasteiger partial charge in [-0.15, -0.1) is 11.3 Å². The minimum atomic E-state index is 0.445. The molecule has 2 unspecified atom stereocenters. The van der Waals surface area contributed by atoms with Crippen molar-refractivity contribution in [2.75, 3.05) is 20.1 Å². The lowest BCUT2D eigenvalue weighted by Gasteiger charge is -2.39. The maximum atomic E-state index is 4.47. The molecule has 3 heterocycles. The molecular formula is C16H22BrN5S. The Morgan fingerprint density at radius 1 is 1.52 bits per heavy atom. The van der Waals surface area contributed by atoms with Crippen molar-refractivity contribution in [3.05, 3.63) is 39.5 Å². The van der Waals surface area contributed by atoms with Gasteiger partial charge < -0.3 is 14.8 Å². The minimum absolute atomic E-state index is 0.445. The summed E-state index contributed by atoms with van der Waals surface area (Å²) in [5.74, 6) is 1.62. The number of halogens is 1. The number of imidazole rings is 1. The van der Waals surface area contributed by atoms with E-state index in [1.54, 1.807) is 11.3 Å². The molecule has 1 saturated heterocycles. The lowest BCUT2D eigenvalue weighted by atomic mass is 9.93. The summed E-state index contributed by atoms with van der Waals surface area (Å²) in [6, 6.07) is 4.67. The van der Waals surface area contributed by atoms with Crippen LogP contribution in [0.15, 0.2) is 39.6 Å². The first-order valence-electron chi connectivity index (χ1n) is 7.84. The molecule has 0 aromatic carbocycles. The third-order valence-corrected chi connectivity index (χ3v) is 6.01. The molecule has 1 fully saturated rings. The van der Waals surface area contributed by atoms with E-state index in [1.807, 2.05) is 19.6 Å². The van der Waals surface area contributed by atoms with Gasteiger partial charge in [-0.25, -0.2) is 4.98 Å². The SMILES string of the molecule is CN=C(NCc1ccc(Br)s1)N1CCC(C)C(n2ccnc2)C1. The molecule has 124 valence electrons. The Bertz CT molecular complexity index is 651. The molecule has 0 radical (unpaired) electrons. The van der Waals surface area contributed by atoms with Crippen LogP contribution in [0.2, 0.25) is 0 Å². The van der Waals surface area contributed by atoms with Crippen molar-refractivity contribution in [1.82, 2.24) is 19.8 Å². The molecule has 23 heavy (non-hydrogen) atoms. The number of hydrogen-bond donors (Lipinski definition) is 1. The summed E-state index contributed by atoms with van der Waals surface area (Å²) in [5, 5.41) is 3.49. The zero-order valence-electron chi connectivity index (χ0n) is 13.4. The summed E-state index contributed by atoms with van der Waals surface area (Å²) in [4.78, 5) is 12.3. The molecule has 0 aliphatic carbocycles.